The monoisotopic (exact) mass is 263 g/mol. The van der Waals surface area contributed by atoms with Gasteiger partial charge >= 0.3 is 5.69 Å². The maximum atomic E-state index is 11.3. The molecule has 3 rings (SSSR count). The highest BCUT2D eigenvalue weighted by Crippen LogP contribution is 2.15. The van der Waals surface area contributed by atoms with E-state index in [0.717, 1.165) is 31.8 Å². The van der Waals surface area contributed by atoms with Gasteiger partial charge in [-0.1, -0.05) is 0 Å². The van der Waals surface area contributed by atoms with Crippen molar-refractivity contribution in [2.45, 2.75) is 31.8 Å². The van der Waals surface area contributed by atoms with Crippen LogP contribution in [0.3, 0.4) is 0 Å². The first-order chi connectivity index (χ1) is 9.33. The van der Waals surface area contributed by atoms with Crippen LogP contribution in [-0.4, -0.2) is 38.8 Å². The summed E-state index contributed by atoms with van der Waals surface area (Å²) in [6.07, 6.45) is 6.38. The number of anilines is 1. The van der Waals surface area contributed by atoms with Crippen molar-refractivity contribution in [2.75, 3.05) is 18.5 Å². The van der Waals surface area contributed by atoms with E-state index in [9.17, 15) is 4.79 Å². The summed E-state index contributed by atoms with van der Waals surface area (Å²) in [6, 6.07) is 1.75. The Morgan fingerprint density at radius 3 is 3.32 bits per heavy atom. The van der Waals surface area contributed by atoms with Gasteiger partial charge in [0.2, 0.25) is 0 Å². The second kappa shape index (κ2) is 5.40. The SMILES string of the molecule is O=c1[nH]nc2cc(NCCC3CCCCO3)ncn12. The quantitative estimate of drug-likeness (QED) is 0.852. The molecule has 0 aromatic carbocycles. The zero-order valence-electron chi connectivity index (χ0n) is 10.6. The van der Waals surface area contributed by atoms with Crippen LogP contribution >= 0.6 is 0 Å². The summed E-state index contributed by atoms with van der Waals surface area (Å²) in [5.74, 6) is 0.724. The summed E-state index contributed by atoms with van der Waals surface area (Å²) < 4.78 is 7.04. The van der Waals surface area contributed by atoms with Gasteiger partial charge in [0.1, 0.15) is 12.1 Å². The zero-order valence-corrected chi connectivity index (χ0v) is 10.6. The van der Waals surface area contributed by atoms with Gasteiger partial charge < -0.3 is 10.1 Å². The maximum absolute atomic E-state index is 11.3. The van der Waals surface area contributed by atoms with E-state index in [0.29, 0.717) is 11.8 Å². The molecular formula is C12H17N5O2. The molecule has 0 saturated carbocycles. The summed E-state index contributed by atoms with van der Waals surface area (Å²) in [7, 11) is 0. The van der Waals surface area contributed by atoms with Crippen LogP contribution in [0.4, 0.5) is 5.82 Å². The molecule has 0 radical (unpaired) electrons. The Balaban J connectivity index is 1.57. The summed E-state index contributed by atoms with van der Waals surface area (Å²) in [6.45, 7) is 1.69. The number of ether oxygens (including phenoxy) is 1. The second-order valence-corrected chi connectivity index (χ2v) is 4.74. The molecular weight excluding hydrogens is 246 g/mol. The molecule has 0 bridgehead atoms. The fraction of sp³-hybridized carbons (Fsp3) is 0.583. The molecule has 2 aromatic heterocycles. The molecule has 0 aliphatic carbocycles. The summed E-state index contributed by atoms with van der Waals surface area (Å²) in [5.41, 5.74) is 0.293. The Kier molecular flexibility index (Phi) is 3.45. The van der Waals surface area contributed by atoms with Gasteiger partial charge in [-0.2, -0.15) is 5.10 Å². The number of nitrogens with one attached hydrogen (secondary N) is 2. The number of hydrogen-bond acceptors (Lipinski definition) is 5. The van der Waals surface area contributed by atoms with Crippen LogP contribution in [0, 0.1) is 0 Å². The summed E-state index contributed by atoms with van der Waals surface area (Å²) >= 11 is 0. The minimum atomic E-state index is -0.273. The molecule has 2 aromatic rings. The smallest absolute Gasteiger partial charge is 0.348 e. The fourth-order valence-electron chi connectivity index (χ4n) is 2.30. The lowest BCUT2D eigenvalue weighted by molar-refractivity contribution is 0.0134. The topological polar surface area (TPSA) is 84.3 Å². The van der Waals surface area contributed by atoms with Crippen molar-refractivity contribution in [3.05, 3.63) is 22.9 Å². The van der Waals surface area contributed by atoms with Gasteiger partial charge in [-0.3, -0.25) is 0 Å². The highest BCUT2D eigenvalue weighted by atomic mass is 16.5. The molecule has 2 N–H and O–H groups in total. The third kappa shape index (κ3) is 2.76. The van der Waals surface area contributed by atoms with Gasteiger partial charge in [-0.15, -0.1) is 0 Å². The lowest BCUT2D eigenvalue weighted by Crippen LogP contribution is -2.22. The molecule has 3 heterocycles. The number of H-pyrrole nitrogens is 1. The molecule has 1 saturated heterocycles. The third-order valence-corrected chi connectivity index (χ3v) is 3.36. The third-order valence-electron chi connectivity index (χ3n) is 3.36. The number of fused-ring (bicyclic) bond motifs is 1. The number of aromatic nitrogens is 4. The number of rotatable bonds is 4. The molecule has 0 spiro atoms. The van der Waals surface area contributed by atoms with Crippen molar-refractivity contribution >= 4 is 11.5 Å². The lowest BCUT2D eigenvalue weighted by atomic mass is 10.1. The van der Waals surface area contributed by atoms with E-state index in [-0.39, 0.29) is 5.69 Å². The predicted molar refractivity (Wildman–Crippen MR) is 70.3 cm³/mol. The van der Waals surface area contributed by atoms with Crippen LogP contribution < -0.4 is 11.0 Å². The molecule has 1 aliphatic heterocycles. The Morgan fingerprint density at radius 2 is 2.47 bits per heavy atom. The molecule has 1 aliphatic rings. The van der Waals surface area contributed by atoms with Crippen molar-refractivity contribution in [3.63, 3.8) is 0 Å². The number of nitrogens with zero attached hydrogens (tertiary/aromatic N) is 3. The normalized spacial score (nSPS) is 19.7. The maximum Gasteiger partial charge on any atom is 0.348 e. The van der Waals surface area contributed by atoms with Crippen molar-refractivity contribution in [3.8, 4) is 0 Å². The van der Waals surface area contributed by atoms with E-state index in [1.807, 2.05) is 0 Å². The van der Waals surface area contributed by atoms with E-state index < -0.39 is 0 Å². The molecule has 7 nitrogen and oxygen atoms in total. The van der Waals surface area contributed by atoms with Crippen LogP contribution in [0.15, 0.2) is 17.2 Å². The molecule has 0 amide bonds. The van der Waals surface area contributed by atoms with Gasteiger partial charge in [-0.25, -0.2) is 19.3 Å². The Morgan fingerprint density at radius 1 is 1.53 bits per heavy atom. The van der Waals surface area contributed by atoms with Crippen LogP contribution in [0.5, 0.6) is 0 Å². The minimum absolute atomic E-state index is 0.273. The van der Waals surface area contributed by atoms with Crippen LogP contribution in [-0.2, 0) is 4.74 Å². The van der Waals surface area contributed by atoms with E-state index in [4.69, 9.17) is 4.74 Å². The molecule has 102 valence electrons. The Labute approximate surface area is 110 Å². The van der Waals surface area contributed by atoms with Crippen molar-refractivity contribution in [1.29, 1.82) is 0 Å². The average molecular weight is 263 g/mol. The van der Waals surface area contributed by atoms with Gasteiger partial charge in [0.15, 0.2) is 5.65 Å². The number of aromatic amines is 1. The second-order valence-electron chi connectivity index (χ2n) is 4.74. The molecule has 1 atom stereocenters. The average Bonchev–Trinajstić information content (AvgIpc) is 2.81. The summed E-state index contributed by atoms with van der Waals surface area (Å²) in [4.78, 5) is 15.5. The predicted octanol–water partition coefficient (Wildman–Crippen LogP) is 0.789. The minimum Gasteiger partial charge on any atom is -0.378 e. The first kappa shape index (κ1) is 12.2. The van der Waals surface area contributed by atoms with Gasteiger partial charge in [0.25, 0.3) is 0 Å². The Bertz CT molecular complexity index is 599. The molecule has 19 heavy (non-hydrogen) atoms. The van der Waals surface area contributed by atoms with Crippen molar-refractivity contribution in [1.82, 2.24) is 19.6 Å². The van der Waals surface area contributed by atoms with Crippen LogP contribution in [0.2, 0.25) is 0 Å². The van der Waals surface area contributed by atoms with Crippen LogP contribution in [0.25, 0.3) is 5.65 Å². The van der Waals surface area contributed by atoms with Gasteiger partial charge in [0.05, 0.1) is 6.10 Å². The van der Waals surface area contributed by atoms with E-state index in [1.165, 1.54) is 23.6 Å². The van der Waals surface area contributed by atoms with Gasteiger partial charge in [0, 0.05) is 19.2 Å². The largest absolute Gasteiger partial charge is 0.378 e. The zero-order chi connectivity index (χ0) is 13.1. The molecule has 1 unspecified atom stereocenters. The van der Waals surface area contributed by atoms with Crippen molar-refractivity contribution in [2.24, 2.45) is 0 Å². The van der Waals surface area contributed by atoms with E-state index in [2.05, 4.69) is 20.5 Å². The molecule has 7 heteroatoms. The standard InChI is InChI=1S/C12H17N5O2/c18-12-16-15-11-7-10(14-8-17(11)12)13-5-4-9-3-1-2-6-19-9/h7-9,13H,1-6H2,(H,16,18). The lowest BCUT2D eigenvalue weighted by Gasteiger charge is -2.22. The highest BCUT2D eigenvalue weighted by Gasteiger charge is 2.13. The van der Waals surface area contributed by atoms with Crippen LogP contribution in [0.1, 0.15) is 25.7 Å². The Hall–Kier alpha value is -1.89. The first-order valence-corrected chi connectivity index (χ1v) is 6.61. The first-order valence-electron chi connectivity index (χ1n) is 6.61. The van der Waals surface area contributed by atoms with Gasteiger partial charge in [-0.05, 0) is 25.7 Å². The number of hydrogen-bond donors (Lipinski definition) is 2. The molecule has 1 fully saturated rings. The van der Waals surface area contributed by atoms with E-state index in [1.54, 1.807) is 6.07 Å². The highest BCUT2D eigenvalue weighted by molar-refractivity contribution is 5.48. The van der Waals surface area contributed by atoms with Crippen molar-refractivity contribution < 1.29 is 4.74 Å². The summed E-state index contributed by atoms with van der Waals surface area (Å²) in [5, 5.41) is 9.51. The van der Waals surface area contributed by atoms with E-state index >= 15 is 0 Å². The fourth-order valence-corrected chi connectivity index (χ4v) is 2.30.